The van der Waals surface area contributed by atoms with Gasteiger partial charge in [0.15, 0.2) is 0 Å². The number of nitrogens with one attached hydrogen (secondary N) is 1. The Morgan fingerprint density at radius 2 is 1.65 bits per heavy atom. The zero-order valence-corrected chi connectivity index (χ0v) is 18.5. The van der Waals surface area contributed by atoms with Crippen molar-refractivity contribution in [3.05, 3.63) is 65.1 Å². The highest BCUT2D eigenvalue weighted by Gasteiger charge is 2.22. The monoisotopic (exact) mass is 436 g/mol. The predicted molar refractivity (Wildman–Crippen MR) is 120 cm³/mol. The molecule has 0 spiro atoms. The number of pyridine rings is 1. The quantitative estimate of drug-likeness (QED) is 0.639. The highest BCUT2D eigenvalue weighted by molar-refractivity contribution is 7.89. The van der Waals surface area contributed by atoms with Crippen LogP contribution in [-0.4, -0.2) is 29.7 Å². The second kappa shape index (κ2) is 8.55. The maximum Gasteiger partial charge on any atom is 0.240 e. The SMILES string of the molecule is O=S(=O)(NCCn1nc(-c2ccncc2)c2c1CCCC2)c1ccc2c(c1)CCCC2. The topological polar surface area (TPSA) is 76.9 Å². The molecule has 6 nitrogen and oxygen atoms in total. The van der Waals surface area contributed by atoms with Crippen LogP contribution < -0.4 is 4.72 Å². The van der Waals surface area contributed by atoms with Crippen molar-refractivity contribution in [1.29, 1.82) is 0 Å². The summed E-state index contributed by atoms with van der Waals surface area (Å²) in [6.45, 7) is 0.848. The standard InChI is InChI=1S/C24H28N4O2S/c29-31(30,21-10-9-18-5-1-2-6-20(18)17-21)26-15-16-28-23-8-4-3-7-22(23)24(27-28)19-11-13-25-14-12-19/h9-14,17,26H,1-8,15-16H2. The van der Waals surface area contributed by atoms with E-state index in [0.29, 0.717) is 18.0 Å². The molecule has 2 aliphatic carbocycles. The fourth-order valence-electron chi connectivity index (χ4n) is 4.84. The summed E-state index contributed by atoms with van der Waals surface area (Å²) in [4.78, 5) is 4.48. The van der Waals surface area contributed by atoms with E-state index in [9.17, 15) is 8.42 Å². The lowest BCUT2D eigenvalue weighted by molar-refractivity contribution is 0.538. The maximum absolute atomic E-state index is 12.9. The highest BCUT2D eigenvalue weighted by Crippen LogP contribution is 2.31. The van der Waals surface area contributed by atoms with Crippen LogP contribution in [0.25, 0.3) is 11.3 Å². The van der Waals surface area contributed by atoms with Gasteiger partial charge in [0.25, 0.3) is 0 Å². The van der Waals surface area contributed by atoms with Gasteiger partial charge in [-0.2, -0.15) is 5.10 Å². The fourth-order valence-corrected chi connectivity index (χ4v) is 5.91. The molecule has 2 heterocycles. The van der Waals surface area contributed by atoms with Crippen molar-refractivity contribution in [2.24, 2.45) is 0 Å². The molecule has 0 saturated heterocycles. The van der Waals surface area contributed by atoms with Crippen molar-refractivity contribution < 1.29 is 8.42 Å². The van der Waals surface area contributed by atoms with Gasteiger partial charge in [0, 0.05) is 35.8 Å². The summed E-state index contributed by atoms with van der Waals surface area (Å²) in [6, 6.07) is 9.55. The summed E-state index contributed by atoms with van der Waals surface area (Å²) in [6.07, 6.45) is 12.2. The molecule has 1 aromatic carbocycles. The first-order valence-electron chi connectivity index (χ1n) is 11.2. The number of nitrogens with zero attached hydrogens (tertiary/aromatic N) is 3. The van der Waals surface area contributed by atoms with E-state index in [0.717, 1.165) is 49.8 Å². The fraction of sp³-hybridized carbons (Fsp3) is 0.417. The average molecular weight is 437 g/mol. The Labute approximate surface area is 183 Å². The molecule has 0 atom stereocenters. The van der Waals surface area contributed by atoms with E-state index in [2.05, 4.69) is 9.71 Å². The predicted octanol–water partition coefficient (Wildman–Crippen LogP) is 3.68. The van der Waals surface area contributed by atoms with Crippen molar-refractivity contribution in [2.45, 2.75) is 62.8 Å². The first-order chi connectivity index (χ1) is 15.1. The average Bonchev–Trinajstić information content (AvgIpc) is 3.18. The minimum Gasteiger partial charge on any atom is -0.267 e. The number of benzene rings is 1. The van der Waals surface area contributed by atoms with Gasteiger partial charge in [0.1, 0.15) is 0 Å². The lowest BCUT2D eigenvalue weighted by atomic mass is 9.92. The Kier molecular flexibility index (Phi) is 5.63. The number of fused-ring (bicyclic) bond motifs is 2. The summed E-state index contributed by atoms with van der Waals surface area (Å²) < 4.78 is 30.5. The van der Waals surface area contributed by atoms with Gasteiger partial charge in [-0.3, -0.25) is 9.67 Å². The van der Waals surface area contributed by atoms with Crippen LogP contribution in [0, 0.1) is 0 Å². The van der Waals surface area contributed by atoms with Crippen molar-refractivity contribution in [2.75, 3.05) is 6.54 Å². The Bertz CT molecular complexity index is 1190. The van der Waals surface area contributed by atoms with E-state index in [4.69, 9.17) is 5.10 Å². The molecule has 2 aromatic heterocycles. The summed E-state index contributed by atoms with van der Waals surface area (Å²) in [5.74, 6) is 0. The van der Waals surface area contributed by atoms with Gasteiger partial charge in [0.05, 0.1) is 17.1 Å². The smallest absolute Gasteiger partial charge is 0.240 e. The second-order valence-electron chi connectivity index (χ2n) is 8.48. The summed E-state index contributed by atoms with van der Waals surface area (Å²) in [5.41, 5.74) is 7.09. The molecule has 0 aliphatic heterocycles. The normalized spacial score (nSPS) is 16.0. The first-order valence-corrected chi connectivity index (χ1v) is 12.7. The number of hydrogen-bond acceptors (Lipinski definition) is 4. The molecule has 0 bridgehead atoms. The molecular formula is C24H28N4O2S. The van der Waals surface area contributed by atoms with E-state index < -0.39 is 10.0 Å². The molecule has 5 rings (SSSR count). The number of aromatic nitrogens is 3. The second-order valence-corrected chi connectivity index (χ2v) is 10.2. The van der Waals surface area contributed by atoms with Crippen LogP contribution in [0.4, 0.5) is 0 Å². The van der Waals surface area contributed by atoms with E-state index in [1.165, 1.54) is 35.2 Å². The third-order valence-corrected chi connectivity index (χ3v) is 7.92. The largest absolute Gasteiger partial charge is 0.267 e. The lowest BCUT2D eigenvalue weighted by Gasteiger charge is -2.17. The zero-order chi connectivity index (χ0) is 21.3. The number of hydrogen-bond donors (Lipinski definition) is 1. The maximum atomic E-state index is 12.9. The molecular weight excluding hydrogens is 408 g/mol. The van der Waals surface area contributed by atoms with Crippen LogP contribution in [0.5, 0.6) is 0 Å². The van der Waals surface area contributed by atoms with Crippen LogP contribution >= 0.6 is 0 Å². The molecule has 0 amide bonds. The van der Waals surface area contributed by atoms with Gasteiger partial charge < -0.3 is 0 Å². The third-order valence-electron chi connectivity index (χ3n) is 6.46. The van der Waals surface area contributed by atoms with Gasteiger partial charge in [-0.05, 0) is 86.8 Å². The molecule has 2 aliphatic rings. The zero-order valence-electron chi connectivity index (χ0n) is 17.7. The van der Waals surface area contributed by atoms with Crippen molar-refractivity contribution in [3.8, 4) is 11.3 Å². The molecule has 3 aromatic rings. The first kappa shape index (κ1) is 20.4. The van der Waals surface area contributed by atoms with Crippen LogP contribution in [0.15, 0.2) is 47.6 Å². The van der Waals surface area contributed by atoms with Gasteiger partial charge in [0.2, 0.25) is 10.0 Å². The minimum absolute atomic E-state index is 0.323. The van der Waals surface area contributed by atoms with Gasteiger partial charge >= 0.3 is 0 Å². The molecule has 0 radical (unpaired) electrons. The van der Waals surface area contributed by atoms with E-state index in [1.54, 1.807) is 18.5 Å². The van der Waals surface area contributed by atoms with Crippen LogP contribution in [0.2, 0.25) is 0 Å². The Hall–Kier alpha value is -2.51. The summed E-state index contributed by atoms with van der Waals surface area (Å²) in [7, 11) is -3.53. The van der Waals surface area contributed by atoms with Crippen molar-refractivity contribution in [1.82, 2.24) is 19.5 Å². The van der Waals surface area contributed by atoms with Gasteiger partial charge in [-0.25, -0.2) is 13.1 Å². The van der Waals surface area contributed by atoms with Crippen LogP contribution in [-0.2, 0) is 42.3 Å². The molecule has 162 valence electrons. The van der Waals surface area contributed by atoms with E-state index in [-0.39, 0.29) is 0 Å². The van der Waals surface area contributed by atoms with E-state index in [1.807, 2.05) is 28.9 Å². The van der Waals surface area contributed by atoms with Crippen LogP contribution in [0.1, 0.15) is 48.1 Å². The van der Waals surface area contributed by atoms with Crippen molar-refractivity contribution >= 4 is 10.0 Å². The Balaban J connectivity index is 1.33. The lowest BCUT2D eigenvalue weighted by Crippen LogP contribution is -2.28. The number of rotatable bonds is 6. The van der Waals surface area contributed by atoms with E-state index >= 15 is 0 Å². The molecule has 0 fully saturated rings. The number of sulfonamides is 1. The minimum atomic E-state index is -3.53. The highest BCUT2D eigenvalue weighted by atomic mass is 32.2. The van der Waals surface area contributed by atoms with Gasteiger partial charge in [-0.15, -0.1) is 0 Å². The third kappa shape index (κ3) is 4.16. The molecule has 7 heteroatoms. The van der Waals surface area contributed by atoms with Crippen LogP contribution in [0.3, 0.4) is 0 Å². The van der Waals surface area contributed by atoms with Crippen molar-refractivity contribution in [3.63, 3.8) is 0 Å². The number of aryl methyl sites for hydroxylation is 2. The summed E-state index contributed by atoms with van der Waals surface area (Å²) in [5, 5.41) is 4.87. The summed E-state index contributed by atoms with van der Waals surface area (Å²) >= 11 is 0. The molecule has 0 saturated carbocycles. The van der Waals surface area contributed by atoms with Gasteiger partial charge in [-0.1, -0.05) is 6.07 Å². The Morgan fingerprint density at radius 1 is 0.903 bits per heavy atom. The Morgan fingerprint density at radius 3 is 2.48 bits per heavy atom. The molecule has 31 heavy (non-hydrogen) atoms. The molecule has 1 N–H and O–H groups in total. The molecule has 0 unspecified atom stereocenters.